The molecule has 2 aliphatic carbocycles. The number of ether oxygens (including phenoxy) is 1. The molecule has 98 heavy (non-hydrogen) atoms. The summed E-state index contributed by atoms with van der Waals surface area (Å²) in [6.45, 7) is 11.2. The molecule has 6 aliphatic heterocycles. The zero-order valence-electron chi connectivity index (χ0n) is 57.6. The van der Waals surface area contributed by atoms with Gasteiger partial charge in [-0.25, -0.2) is 15.0 Å². The Morgan fingerprint density at radius 2 is 1.01 bits per heavy atom. The SMILES string of the molecule is COc1cccnc1[C@@H]1CCC[C@H](c2nc3c(N4CCN(C)CC4)cc(-c4cnc([C@@H]5CCC[C@H](c6nc7c(-c8cnc([C@@H]9CCC[C@H](c%10nc%11c(N%12CCN(C%13CC%13)CC%12)cccc%11[nH]%10)N9C)c(C(F)(F)F)c8)ccc(N8CCN(C)CC8)c7[nH]6)N5C)c(C5CC5)c4)cc3[nH]2)N1C. The van der Waals surface area contributed by atoms with E-state index in [1.165, 1.54) is 24.5 Å². The van der Waals surface area contributed by atoms with Crippen LogP contribution in [0.25, 0.3) is 55.4 Å². The number of likely N-dealkylation sites (tertiary alicyclic amines) is 3. The van der Waals surface area contributed by atoms with Crippen molar-refractivity contribution in [2.24, 2.45) is 0 Å². The fraction of sp³-hybridized carbons (Fsp3) is 0.526. The minimum Gasteiger partial charge on any atom is -0.495 e. The number of H-pyrrole nitrogens is 3. The van der Waals surface area contributed by atoms with Crippen LogP contribution in [-0.4, -0.2) is 201 Å². The molecule has 6 saturated heterocycles. The number of pyridine rings is 3. The van der Waals surface area contributed by atoms with E-state index < -0.39 is 17.8 Å². The van der Waals surface area contributed by atoms with E-state index in [2.05, 4.69) is 136 Å². The summed E-state index contributed by atoms with van der Waals surface area (Å²) < 4.78 is 53.6. The number of fused-ring (bicyclic) bond motifs is 3. The first-order chi connectivity index (χ1) is 47.7. The molecule has 2 saturated carbocycles. The van der Waals surface area contributed by atoms with Crippen molar-refractivity contribution in [3.63, 3.8) is 0 Å². The van der Waals surface area contributed by atoms with Gasteiger partial charge in [0.15, 0.2) is 0 Å². The summed E-state index contributed by atoms with van der Waals surface area (Å²) in [5.74, 6) is 3.83. The second kappa shape index (κ2) is 25.8. The maximum Gasteiger partial charge on any atom is 0.418 e. The third kappa shape index (κ3) is 11.8. The number of para-hydroxylation sites is 1. The number of alkyl halides is 3. The van der Waals surface area contributed by atoms with Crippen LogP contribution in [0.5, 0.6) is 5.75 Å². The van der Waals surface area contributed by atoms with Gasteiger partial charge in [0, 0.05) is 120 Å². The van der Waals surface area contributed by atoms with E-state index in [1.807, 2.05) is 31.4 Å². The van der Waals surface area contributed by atoms with Gasteiger partial charge in [-0.3, -0.25) is 34.6 Å². The number of rotatable bonds is 14. The highest BCUT2D eigenvalue weighted by atomic mass is 19.4. The summed E-state index contributed by atoms with van der Waals surface area (Å²) in [6.07, 6.45) is 13.7. The molecule has 9 aromatic rings. The average Bonchev–Trinajstić information content (AvgIpc) is 1.50. The van der Waals surface area contributed by atoms with Crippen molar-refractivity contribution < 1.29 is 17.9 Å². The Morgan fingerprint density at radius 3 is 1.64 bits per heavy atom. The van der Waals surface area contributed by atoms with Gasteiger partial charge >= 0.3 is 6.18 Å². The van der Waals surface area contributed by atoms with Crippen LogP contribution in [0.4, 0.5) is 30.2 Å². The van der Waals surface area contributed by atoms with Crippen LogP contribution >= 0.6 is 0 Å². The summed E-state index contributed by atoms with van der Waals surface area (Å²) >= 11 is 0. The molecular weight excluding hydrogens is 1240 g/mol. The van der Waals surface area contributed by atoms with Gasteiger partial charge in [-0.2, -0.15) is 13.2 Å². The Bertz CT molecular complexity index is 4400. The summed E-state index contributed by atoms with van der Waals surface area (Å²) in [4.78, 5) is 64.7. The molecule has 0 unspecified atom stereocenters. The molecule has 3 N–H and O–H groups in total. The lowest BCUT2D eigenvalue weighted by molar-refractivity contribution is -0.139. The lowest BCUT2D eigenvalue weighted by atomic mass is 9.89. The standard InChI is InChI=1S/C76H93F3N18O/c1-89-28-32-95(33-29-89)60-26-25-51(49-41-53(76(77,78)79)68(82-45-49)57-14-9-17-61(92(57)4)73-83-54-12-7-16-59(69(54)86-73)96-38-36-94(37-39-96)50-23-24-50)67-72(60)88-75(85-67)63-19-8-13-56(91(63)3)66-52(46-21-22-46)40-48(44-81-66)47-42-55-70(64(43-47)97-34-30-90(2)31-35-97)87-74(84-55)62-18-10-15-58(93(62)5)71-65(98-6)20-11-27-80-71/h7,11-12,16,20,25-27,40-46,50,56-58,61-63H,8-10,13-15,17-19,21-24,28-39H2,1-6H3,(H,83,86)(H,84,87)(H,85,88)/t56-,57-,58-,61+,62+,63+/m0/s1. The number of nitrogens with zero attached hydrogens (tertiary/aromatic N) is 15. The van der Waals surface area contributed by atoms with Crippen LogP contribution in [0, 0.1) is 0 Å². The van der Waals surface area contributed by atoms with Crippen molar-refractivity contribution in [1.29, 1.82) is 0 Å². The van der Waals surface area contributed by atoms with E-state index in [4.69, 9.17) is 34.6 Å². The summed E-state index contributed by atoms with van der Waals surface area (Å²) in [5.41, 5.74) is 14.7. The van der Waals surface area contributed by atoms with Gasteiger partial charge < -0.3 is 44.2 Å². The van der Waals surface area contributed by atoms with E-state index in [9.17, 15) is 0 Å². The molecule has 3 aromatic carbocycles. The van der Waals surface area contributed by atoms with Gasteiger partial charge in [0.1, 0.15) is 34.3 Å². The van der Waals surface area contributed by atoms with E-state index in [-0.39, 0.29) is 35.9 Å². The first kappa shape index (κ1) is 63.7. The number of hydrogen-bond donors (Lipinski definition) is 3. The van der Waals surface area contributed by atoms with Crippen molar-refractivity contribution in [1.82, 2.24) is 74.3 Å². The first-order valence-electron chi connectivity index (χ1n) is 36.3. The Kier molecular flexibility index (Phi) is 16.8. The lowest BCUT2D eigenvalue weighted by Crippen LogP contribution is -2.47. The molecule has 0 bridgehead atoms. The van der Waals surface area contributed by atoms with Crippen molar-refractivity contribution >= 4 is 50.2 Å². The number of benzene rings is 3. The van der Waals surface area contributed by atoms with Crippen LogP contribution in [0.1, 0.15) is 171 Å². The number of hydrogen-bond acceptors (Lipinski definition) is 16. The number of aromatic amines is 3. The van der Waals surface area contributed by atoms with E-state index in [1.54, 1.807) is 13.3 Å². The van der Waals surface area contributed by atoms with Gasteiger partial charge in [0.25, 0.3) is 0 Å². The molecule has 17 rings (SSSR count). The van der Waals surface area contributed by atoms with Gasteiger partial charge in [-0.1, -0.05) is 6.07 Å². The molecule has 0 radical (unpaired) electrons. The third-order valence-corrected chi connectivity index (χ3v) is 23.7. The molecule has 19 nitrogen and oxygen atoms in total. The topological polar surface area (TPSA) is 163 Å². The van der Waals surface area contributed by atoms with Gasteiger partial charge in [-0.15, -0.1) is 0 Å². The Hall–Kier alpha value is -7.73. The molecule has 8 fully saturated rings. The largest absolute Gasteiger partial charge is 0.495 e. The minimum atomic E-state index is -4.66. The molecular formula is C76H93F3N18O. The van der Waals surface area contributed by atoms with Crippen molar-refractivity contribution in [2.75, 3.05) is 136 Å². The smallest absolute Gasteiger partial charge is 0.418 e. The summed E-state index contributed by atoms with van der Waals surface area (Å²) in [7, 11) is 12.4. The number of aromatic nitrogens is 9. The number of likely N-dealkylation sites (N-methyl/N-ethyl adjacent to an activating group) is 2. The van der Waals surface area contributed by atoms with E-state index >= 15 is 13.2 Å². The Balaban J connectivity index is 0.674. The van der Waals surface area contributed by atoms with Crippen LogP contribution in [0.15, 0.2) is 85.3 Å². The molecule has 22 heteroatoms. The zero-order valence-corrected chi connectivity index (χ0v) is 57.6. The molecule has 6 aromatic heterocycles. The lowest BCUT2D eigenvalue weighted by Gasteiger charge is -2.39. The fourth-order valence-electron chi connectivity index (χ4n) is 17.7. The number of anilines is 3. The van der Waals surface area contributed by atoms with Gasteiger partial charge in [-0.05, 0) is 196 Å². The summed E-state index contributed by atoms with van der Waals surface area (Å²) in [5, 5.41) is 0. The number of nitrogens with one attached hydrogen (secondary N) is 3. The number of piperazine rings is 3. The molecule has 514 valence electrons. The molecule has 0 spiro atoms. The highest BCUT2D eigenvalue weighted by Gasteiger charge is 2.43. The van der Waals surface area contributed by atoms with Crippen LogP contribution in [0.3, 0.4) is 0 Å². The molecule has 12 heterocycles. The minimum absolute atomic E-state index is 0.0230. The van der Waals surface area contributed by atoms with Gasteiger partial charge in [0.2, 0.25) is 0 Å². The molecule has 6 atom stereocenters. The number of halogens is 3. The predicted octanol–water partition coefficient (Wildman–Crippen LogP) is 13.2. The highest BCUT2D eigenvalue weighted by molar-refractivity contribution is 6.00. The van der Waals surface area contributed by atoms with E-state index in [0.29, 0.717) is 29.0 Å². The maximum atomic E-state index is 15.9. The maximum absolute atomic E-state index is 15.9. The van der Waals surface area contributed by atoms with Crippen LogP contribution in [-0.2, 0) is 6.18 Å². The third-order valence-electron chi connectivity index (χ3n) is 23.7. The highest BCUT2D eigenvalue weighted by Crippen LogP contribution is 2.51. The summed E-state index contributed by atoms with van der Waals surface area (Å²) in [6, 6.07) is 22.8. The number of piperidine rings is 3. The van der Waals surface area contributed by atoms with Crippen molar-refractivity contribution in [3.05, 3.63) is 131 Å². The zero-order chi connectivity index (χ0) is 66.7. The second-order valence-electron chi connectivity index (χ2n) is 29.7. The number of methoxy groups -OCH3 is 1. The van der Waals surface area contributed by atoms with Crippen molar-refractivity contribution in [3.8, 4) is 28.0 Å². The van der Waals surface area contributed by atoms with Crippen LogP contribution in [0.2, 0.25) is 0 Å². The Morgan fingerprint density at radius 1 is 0.459 bits per heavy atom. The quantitative estimate of drug-likeness (QED) is 0.0941. The average molecular weight is 1330 g/mol. The monoisotopic (exact) mass is 1330 g/mol. The second-order valence-corrected chi connectivity index (χ2v) is 29.7. The van der Waals surface area contributed by atoms with E-state index in [0.717, 1.165) is 239 Å². The van der Waals surface area contributed by atoms with Gasteiger partial charge in [0.05, 0.1) is 105 Å². The molecule has 8 aliphatic rings. The molecule has 0 amide bonds. The van der Waals surface area contributed by atoms with Crippen molar-refractivity contribution in [2.45, 2.75) is 138 Å². The normalized spacial score (nSPS) is 25.0. The predicted molar refractivity (Wildman–Crippen MR) is 380 cm³/mol. The van der Waals surface area contributed by atoms with Crippen LogP contribution < -0.4 is 19.4 Å². The number of imidazole rings is 3. The first-order valence-corrected chi connectivity index (χ1v) is 36.3. The fourth-order valence-corrected chi connectivity index (χ4v) is 17.7. The Labute approximate surface area is 572 Å².